The van der Waals surface area contributed by atoms with Crippen LogP contribution in [0.15, 0.2) is 54.6 Å². The minimum Gasteiger partial charge on any atom is -0.457 e. The topological polar surface area (TPSA) is 127 Å². The van der Waals surface area contributed by atoms with Crippen LogP contribution in [0, 0.1) is 46.3 Å². The van der Waals surface area contributed by atoms with Gasteiger partial charge in [-0.1, -0.05) is 75.4 Å². The highest BCUT2D eigenvalue weighted by atomic mass is 32.3. The first kappa shape index (κ1) is 34.9. The highest BCUT2D eigenvalue weighted by molar-refractivity contribution is 7.80. The van der Waals surface area contributed by atoms with Gasteiger partial charge < -0.3 is 9.84 Å². The van der Waals surface area contributed by atoms with E-state index in [9.17, 15) is 27.7 Å². The Hall–Kier alpha value is -3.11. The summed E-state index contributed by atoms with van der Waals surface area (Å²) in [5.74, 6) is 1.51. The number of benzene rings is 4. The van der Waals surface area contributed by atoms with Crippen LogP contribution in [-0.4, -0.2) is 48.6 Å². The van der Waals surface area contributed by atoms with Gasteiger partial charge in [0.05, 0.1) is 12.2 Å². The van der Waals surface area contributed by atoms with Crippen molar-refractivity contribution >= 4 is 54.5 Å². The van der Waals surface area contributed by atoms with Crippen molar-refractivity contribution in [2.45, 2.75) is 97.2 Å². The molecule has 272 valence electrons. The fraction of sp³-hybridized carbons (Fsp3) is 0.571. The molecule has 0 bridgehead atoms. The van der Waals surface area contributed by atoms with Crippen molar-refractivity contribution in [3.8, 4) is 0 Å². The van der Waals surface area contributed by atoms with Crippen LogP contribution in [0.5, 0.6) is 0 Å². The van der Waals surface area contributed by atoms with E-state index in [2.05, 4.69) is 45.0 Å². The van der Waals surface area contributed by atoms with Gasteiger partial charge in [0.2, 0.25) is 5.78 Å². The van der Waals surface area contributed by atoms with Crippen molar-refractivity contribution < 1.29 is 36.6 Å². The average molecular weight is 715 g/mol. The number of hydrogen-bond acceptors (Lipinski definition) is 7. The van der Waals surface area contributed by atoms with Crippen molar-refractivity contribution in [2.24, 2.45) is 46.3 Å². The van der Waals surface area contributed by atoms with Crippen LogP contribution in [0.1, 0.15) is 95.3 Å². The van der Waals surface area contributed by atoms with Crippen molar-refractivity contribution in [2.75, 3.05) is 6.61 Å². The van der Waals surface area contributed by atoms with Crippen LogP contribution in [0.25, 0.3) is 32.3 Å². The molecule has 4 aromatic carbocycles. The van der Waals surface area contributed by atoms with Crippen LogP contribution in [-0.2, 0) is 24.1 Å². The van der Waals surface area contributed by atoms with Gasteiger partial charge in [-0.25, -0.2) is 4.18 Å². The van der Waals surface area contributed by atoms with E-state index in [0.29, 0.717) is 48.5 Å². The van der Waals surface area contributed by atoms with E-state index in [1.54, 1.807) is 0 Å². The summed E-state index contributed by atoms with van der Waals surface area (Å²) < 4.78 is 42.7. The van der Waals surface area contributed by atoms with E-state index in [1.807, 2.05) is 30.3 Å². The Morgan fingerprint density at radius 2 is 1.59 bits per heavy atom. The molecule has 0 aliphatic heterocycles. The van der Waals surface area contributed by atoms with Gasteiger partial charge in [-0.2, -0.15) is 8.42 Å². The maximum atomic E-state index is 13.4. The van der Waals surface area contributed by atoms with Crippen molar-refractivity contribution in [3.05, 3.63) is 60.2 Å². The molecule has 4 aliphatic rings. The number of hydrogen-bond donors (Lipinski definition) is 2. The van der Waals surface area contributed by atoms with Crippen LogP contribution >= 0.6 is 0 Å². The molecule has 4 aromatic rings. The van der Waals surface area contributed by atoms with Gasteiger partial charge >= 0.3 is 16.4 Å². The summed E-state index contributed by atoms with van der Waals surface area (Å²) in [5, 5.41) is 18.4. The largest absolute Gasteiger partial charge is 0.457 e. The first-order valence-corrected chi connectivity index (χ1v) is 20.3. The van der Waals surface area contributed by atoms with E-state index in [0.717, 1.165) is 70.8 Å². The molecular weight excluding hydrogens is 665 g/mol. The maximum Gasteiger partial charge on any atom is 0.397 e. The monoisotopic (exact) mass is 714 g/mol. The highest BCUT2D eigenvalue weighted by Crippen LogP contribution is 2.68. The minimum absolute atomic E-state index is 0.00674. The third kappa shape index (κ3) is 5.87. The highest BCUT2D eigenvalue weighted by Gasteiger charge is 2.63. The Bertz CT molecular complexity index is 2080. The van der Waals surface area contributed by atoms with Gasteiger partial charge in [0.15, 0.2) is 6.61 Å². The summed E-state index contributed by atoms with van der Waals surface area (Å²) in [5.41, 5.74) is 0.343. The van der Waals surface area contributed by atoms with E-state index in [1.165, 1.54) is 0 Å². The zero-order valence-corrected chi connectivity index (χ0v) is 30.7. The van der Waals surface area contributed by atoms with E-state index in [-0.39, 0.29) is 47.4 Å². The Kier molecular flexibility index (Phi) is 8.76. The van der Waals surface area contributed by atoms with Crippen LogP contribution in [0.3, 0.4) is 0 Å². The molecule has 0 amide bonds. The predicted octanol–water partition coefficient (Wildman–Crippen LogP) is 8.54. The molecule has 0 saturated heterocycles. The predicted molar refractivity (Wildman–Crippen MR) is 197 cm³/mol. The molecule has 0 unspecified atom stereocenters. The van der Waals surface area contributed by atoms with Crippen LogP contribution in [0.4, 0.5) is 0 Å². The normalized spacial score (nSPS) is 34.3. The second-order valence-electron chi connectivity index (χ2n) is 16.9. The van der Waals surface area contributed by atoms with Gasteiger partial charge in [-0.15, -0.1) is 0 Å². The Balaban J connectivity index is 0.892. The molecule has 0 spiro atoms. The lowest BCUT2D eigenvalue weighted by Crippen LogP contribution is -2.59. The number of rotatable bonds is 9. The second kappa shape index (κ2) is 12.8. The average Bonchev–Trinajstić information content (AvgIpc) is 3.47. The third-order valence-corrected chi connectivity index (χ3v) is 15.3. The summed E-state index contributed by atoms with van der Waals surface area (Å²) in [4.78, 5) is 26.5. The van der Waals surface area contributed by atoms with Crippen molar-refractivity contribution in [1.29, 1.82) is 0 Å². The zero-order chi connectivity index (χ0) is 35.9. The smallest absolute Gasteiger partial charge is 0.397 e. The molecule has 4 aliphatic carbocycles. The van der Waals surface area contributed by atoms with Crippen LogP contribution in [0.2, 0.25) is 0 Å². The lowest BCUT2D eigenvalue weighted by Gasteiger charge is -2.62. The van der Waals surface area contributed by atoms with Crippen LogP contribution < -0.4 is 0 Å². The number of ether oxygens (including phenoxy) is 1. The Morgan fingerprint density at radius 1 is 0.882 bits per heavy atom. The summed E-state index contributed by atoms with van der Waals surface area (Å²) in [6.07, 6.45) is 6.89. The van der Waals surface area contributed by atoms with Gasteiger partial charge in [-0.3, -0.25) is 14.1 Å². The van der Waals surface area contributed by atoms with Gasteiger partial charge in [0.1, 0.15) is 0 Å². The fourth-order valence-corrected chi connectivity index (χ4v) is 12.7. The first-order chi connectivity index (χ1) is 24.3. The number of esters is 1. The molecule has 9 heteroatoms. The molecule has 8 rings (SSSR count). The number of fused-ring (bicyclic) bond motifs is 5. The molecule has 51 heavy (non-hydrogen) atoms. The molecule has 0 radical (unpaired) electrons. The summed E-state index contributed by atoms with van der Waals surface area (Å²) in [6.45, 7) is 6.54. The van der Waals surface area contributed by atoms with E-state index in [4.69, 9.17) is 8.92 Å². The lowest BCUT2D eigenvalue weighted by molar-refractivity contribution is -0.174. The van der Waals surface area contributed by atoms with Gasteiger partial charge in [-0.05, 0) is 136 Å². The maximum absolute atomic E-state index is 13.4. The van der Waals surface area contributed by atoms with E-state index >= 15 is 0 Å². The molecule has 0 heterocycles. The molecular formula is C42H50O8S. The number of aliphatic hydroxyl groups excluding tert-OH is 1. The summed E-state index contributed by atoms with van der Waals surface area (Å²) in [6, 6.07) is 18.3. The number of aliphatic hydroxyl groups is 1. The molecule has 4 fully saturated rings. The third-order valence-electron chi connectivity index (χ3n) is 14.7. The minimum atomic E-state index is -4.48. The molecule has 8 nitrogen and oxygen atoms in total. The van der Waals surface area contributed by atoms with Gasteiger partial charge in [0, 0.05) is 12.0 Å². The summed E-state index contributed by atoms with van der Waals surface area (Å²) >= 11 is 0. The standard InChI is InChI=1S/C42H50O8S/c1-24(7-18-38(45)49-23-36(43)30-13-10-27-9-8-25-5-4-6-26-11-14-31(30)40(27)39(25)26)33-16-17-34-32-15-12-28-21-29(50-51(46,47)48)19-20-41(28,2)35(32)22-37(44)42(33,34)3/h4-6,8-11,13-14,24,28-29,32-35,37,44H,7,12,15-23H2,1-3H3,(H,46,47,48)/t24-,28-,29-,32+,33-,34+,35+,37+,41+,42-/m1/s1. The van der Waals surface area contributed by atoms with E-state index < -0.39 is 22.6 Å². The quantitative estimate of drug-likeness (QED) is 0.0765. The SMILES string of the molecule is C[C@H](CCC(=O)OCC(=O)c1ccc2ccc3cccc4ccc1c2c34)[C@H]1CC[C@H]2[C@@H]3CC[C@@H]4C[C@H](OS(=O)(=O)O)CC[C@]4(C)[C@H]3C[C@H](O)[C@]12C. The number of carbonyl (C=O) groups is 2. The van der Waals surface area contributed by atoms with Gasteiger partial charge in [0.25, 0.3) is 0 Å². The van der Waals surface area contributed by atoms with Crippen molar-refractivity contribution in [1.82, 2.24) is 0 Å². The second-order valence-corrected chi connectivity index (χ2v) is 18.0. The fourth-order valence-electron chi connectivity index (χ4n) is 12.2. The number of ketones is 1. The van der Waals surface area contributed by atoms with Crippen molar-refractivity contribution in [3.63, 3.8) is 0 Å². The number of carbonyl (C=O) groups excluding carboxylic acids is 2. The Morgan fingerprint density at radius 3 is 2.33 bits per heavy atom. The zero-order valence-electron chi connectivity index (χ0n) is 29.8. The molecule has 2 N–H and O–H groups in total. The first-order valence-electron chi connectivity index (χ1n) is 19.0. The summed E-state index contributed by atoms with van der Waals surface area (Å²) in [7, 11) is -4.48. The number of Topliss-reactive ketones (excluding diaryl/α,β-unsaturated/α-hetero) is 1. The molecule has 0 aromatic heterocycles. The molecule has 10 atom stereocenters. The Labute approximate surface area is 300 Å². The lowest BCUT2D eigenvalue weighted by atomic mass is 9.43. The molecule has 4 saturated carbocycles.